The number of fused-ring (bicyclic) bond motifs is 2. The van der Waals surface area contributed by atoms with E-state index in [-0.39, 0.29) is 22.7 Å². The molecule has 8 atom stereocenters. The fourth-order valence-electron chi connectivity index (χ4n) is 10.4. The largest absolute Gasteiger partial charge is 0.480 e. The number of carboxylic acids is 1. The number of aryl methyl sites for hydroxylation is 1. The van der Waals surface area contributed by atoms with Crippen LogP contribution in [0.5, 0.6) is 0 Å². The first-order valence-corrected chi connectivity index (χ1v) is 15.2. The molecule has 4 aliphatic carbocycles. The van der Waals surface area contributed by atoms with E-state index in [2.05, 4.69) is 41.1 Å². The Balaban J connectivity index is 1.10. The van der Waals surface area contributed by atoms with Crippen LogP contribution in [0.3, 0.4) is 0 Å². The highest BCUT2D eigenvalue weighted by atomic mass is 16.5. The minimum Gasteiger partial charge on any atom is -0.480 e. The number of aliphatic carboxylic acids is 1. The lowest BCUT2D eigenvalue weighted by molar-refractivity contribution is -0.150. The van der Waals surface area contributed by atoms with E-state index in [9.17, 15) is 15.0 Å². The molecule has 2 bridgehead atoms. The van der Waals surface area contributed by atoms with Crippen LogP contribution in [-0.2, 0) is 16.0 Å². The molecule has 1 aromatic heterocycles. The Morgan fingerprint density at radius 3 is 2.92 bits per heavy atom. The van der Waals surface area contributed by atoms with Gasteiger partial charge in [0.15, 0.2) is 0 Å². The Hall–Kier alpha value is -2.28. The maximum atomic E-state index is 12.0. The fourth-order valence-corrected chi connectivity index (χ4v) is 10.4. The van der Waals surface area contributed by atoms with Crippen molar-refractivity contribution in [2.24, 2.45) is 17.3 Å². The van der Waals surface area contributed by atoms with Crippen molar-refractivity contribution in [3.63, 3.8) is 0 Å². The maximum absolute atomic E-state index is 12.0. The first kappa shape index (κ1) is 24.5. The van der Waals surface area contributed by atoms with Gasteiger partial charge in [0.25, 0.3) is 0 Å². The van der Waals surface area contributed by atoms with E-state index in [4.69, 9.17) is 4.74 Å². The van der Waals surface area contributed by atoms with E-state index in [1.54, 1.807) is 5.57 Å². The van der Waals surface area contributed by atoms with E-state index < -0.39 is 18.1 Å². The molecule has 3 aliphatic heterocycles. The highest BCUT2D eigenvalue weighted by Gasteiger charge is 2.67. The van der Waals surface area contributed by atoms with Crippen LogP contribution in [0.4, 0.5) is 0 Å². The van der Waals surface area contributed by atoms with Crippen molar-refractivity contribution in [3.05, 3.63) is 58.5 Å². The van der Waals surface area contributed by atoms with Gasteiger partial charge in [0.2, 0.25) is 0 Å². The third-order valence-corrected chi connectivity index (χ3v) is 12.1. The van der Waals surface area contributed by atoms with Crippen LogP contribution in [0.15, 0.2) is 47.3 Å². The molecule has 6 heteroatoms. The Morgan fingerprint density at radius 1 is 1.15 bits per heavy atom. The zero-order chi connectivity index (χ0) is 26.6. The van der Waals surface area contributed by atoms with E-state index in [0.29, 0.717) is 24.8 Å². The van der Waals surface area contributed by atoms with E-state index in [1.807, 2.05) is 12.4 Å². The van der Waals surface area contributed by atoms with Crippen LogP contribution in [0.25, 0.3) is 6.08 Å². The molecular weight excluding hydrogens is 488 g/mol. The SMILES string of the molecule is CC12CC=C3C=C4CCC(N5CC(O)C[C@H]5C(=O)O)C[C@]45CC[C@]3(O5)[C@@H]1CCC2C1=Cc2cnccc2CC1. The number of carboxylic acid groups (broad SMARTS) is 1. The molecule has 0 aromatic carbocycles. The molecule has 4 fully saturated rings. The molecule has 0 radical (unpaired) electrons. The van der Waals surface area contributed by atoms with Gasteiger partial charge >= 0.3 is 5.97 Å². The van der Waals surface area contributed by atoms with Crippen molar-refractivity contribution in [2.45, 2.75) is 107 Å². The van der Waals surface area contributed by atoms with Crippen molar-refractivity contribution in [3.8, 4) is 0 Å². The summed E-state index contributed by atoms with van der Waals surface area (Å²) in [6.07, 6.45) is 21.9. The number of pyridine rings is 1. The number of likely N-dealkylation sites (tertiary alicyclic amines) is 1. The van der Waals surface area contributed by atoms with Crippen LogP contribution in [0.1, 0.15) is 82.3 Å². The number of rotatable bonds is 3. The summed E-state index contributed by atoms with van der Waals surface area (Å²) < 4.78 is 7.46. The van der Waals surface area contributed by atoms with Gasteiger partial charge in [-0.2, -0.15) is 0 Å². The monoisotopic (exact) mass is 528 g/mol. The average Bonchev–Trinajstić information content (AvgIpc) is 3.59. The molecule has 206 valence electrons. The normalized spacial score (nSPS) is 44.5. The summed E-state index contributed by atoms with van der Waals surface area (Å²) in [4.78, 5) is 18.5. The van der Waals surface area contributed by atoms with Crippen LogP contribution in [0, 0.1) is 17.3 Å². The standard InChI is InChI=1S/C33H40N2O4/c1-31-10-8-24-15-23-4-5-25(35-19-26(36)16-28(35)30(37)38)17-32(23)11-12-33(24,39-32)29(31)7-6-27(31)21-3-2-20-9-13-34-18-22(20)14-21/h8-9,13-15,18,25-29,36H,2-7,10-12,16-17,19H2,1H3,(H,37,38)/t25?,26?,27?,28-,29+,31?,32+,33+/m0/s1. The summed E-state index contributed by atoms with van der Waals surface area (Å²) >= 11 is 0. The van der Waals surface area contributed by atoms with Crippen LogP contribution in [-0.4, -0.2) is 62.0 Å². The van der Waals surface area contributed by atoms with Crippen LogP contribution < -0.4 is 0 Å². The van der Waals surface area contributed by atoms with Crippen molar-refractivity contribution in [1.29, 1.82) is 0 Å². The number of hydrogen-bond acceptors (Lipinski definition) is 5. The molecule has 4 heterocycles. The zero-order valence-corrected chi connectivity index (χ0v) is 22.9. The van der Waals surface area contributed by atoms with Gasteiger partial charge in [0, 0.05) is 31.4 Å². The summed E-state index contributed by atoms with van der Waals surface area (Å²) in [5, 5.41) is 20.2. The molecule has 1 aromatic rings. The summed E-state index contributed by atoms with van der Waals surface area (Å²) in [7, 11) is 0. The van der Waals surface area contributed by atoms with Crippen molar-refractivity contribution in [1.82, 2.24) is 9.88 Å². The van der Waals surface area contributed by atoms with Crippen molar-refractivity contribution < 1.29 is 19.7 Å². The molecule has 2 spiro atoms. The summed E-state index contributed by atoms with van der Waals surface area (Å²) in [6, 6.07) is 1.74. The van der Waals surface area contributed by atoms with Gasteiger partial charge < -0.3 is 14.9 Å². The molecule has 2 saturated heterocycles. The number of nitrogens with zero attached hydrogens (tertiary/aromatic N) is 2. The topological polar surface area (TPSA) is 82.9 Å². The molecule has 7 aliphatic rings. The third-order valence-electron chi connectivity index (χ3n) is 12.1. The van der Waals surface area contributed by atoms with E-state index in [0.717, 1.165) is 51.4 Å². The van der Waals surface area contributed by atoms with Crippen LogP contribution in [0.2, 0.25) is 0 Å². The van der Waals surface area contributed by atoms with E-state index in [1.165, 1.54) is 35.1 Å². The number of aliphatic hydroxyl groups is 1. The van der Waals surface area contributed by atoms with Gasteiger partial charge in [-0.15, -0.1) is 0 Å². The van der Waals surface area contributed by atoms with Crippen molar-refractivity contribution in [2.75, 3.05) is 6.54 Å². The number of aromatic nitrogens is 1. The van der Waals surface area contributed by atoms with E-state index >= 15 is 0 Å². The first-order chi connectivity index (χ1) is 18.8. The van der Waals surface area contributed by atoms with Crippen molar-refractivity contribution >= 4 is 12.0 Å². The molecule has 4 unspecified atom stereocenters. The smallest absolute Gasteiger partial charge is 0.321 e. The summed E-state index contributed by atoms with van der Waals surface area (Å²) in [5.41, 5.74) is 6.90. The summed E-state index contributed by atoms with van der Waals surface area (Å²) in [6.45, 7) is 3.00. The molecule has 8 rings (SSSR count). The number of allylic oxidation sites excluding steroid dienone is 2. The lowest BCUT2D eigenvalue weighted by atomic mass is 9.57. The molecular formula is C33H40N2O4. The Morgan fingerprint density at radius 2 is 2.05 bits per heavy atom. The molecule has 0 amide bonds. The zero-order valence-electron chi connectivity index (χ0n) is 22.9. The Bertz CT molecular complexity index is 1330. The second-order valence-corrected chi connectivity index (χ2v) is 13.8. The number of carbonyl (C=O) groups is 1. The molecule has 39 heavy (non-hydrogen) atoms. The predicted molar refractivity (Wildman–Crippen MR) is 148 cm³/mol. The predicted octanol–water partition coefficient (Wildman–Crippen LogP) is 5.07. The molecule has 2 N–H and O–H groups in total. The third kappa shape index (κ3) is 3.37. The quantitative estimate of drug-likeness (QED) is 0.570. The second kappa shape index (κ2) is 8.37. The van der Waals surface area contributed by atoms with Gasteiger partial charge in [-0.05, 0) is 110 Å². The molecule has 6 nitrogen and oxygen atoms in total. The van der Waals surface area contributed by atoms with Crippen LogP contribution >= 0.6 is 0 Å². The second-order valence-electron chi connectivity index (χ2n) is 13.8. The minimum atomic E-state index is -0.807. The van der Waals surface area contributed by atoms with Gasteiger partial charge in [-0.3, -0.25) is 14.7 Å². The van der Waals surface area contributed by atoms with Gasteiger partial charge in [0.1, 0.15) is 6.04 Å². The lowest BCUT2D eigenvalue weighted by Gasteiger charge is -2.55. The number of hydrogen-bond donors (Lipinski definition) is 2. The summed E-state index contributed by atoms with van der Waals surface area (Å²) in [5.74, 6) is 0.276. The number of ether oxygens (including phenoxy) is 1. The maximum Gasteiger partial charge on any atom is 0.321 e. The first-order valence-electron chi connectivity index (χ1n) is 15.2. The lowest BCUT2D eigenvalue weighted by Crippen LogP contribution is -2.56. The Kier molecular flexibility index (Phi) is 5.26. The highest BCUT2D eigenvalue weighted by molar-refractivity contribution is 5.74. The van der Waals surface area contributed by atoms with Gasteiger partial charge in [-0.1, -0.05) is 30.7 Å². The number of β-amino-alcohol motifs (C(OH)–C–C–N with tert-alkyl or cyclic N) is 1. The fraction of sp³-hybridized carbons (Fsp3) is 0.636. The van der Waals surface area contributed by atoms with Gasteiger partial charge in [0.05, 0.1) is 17.3 Å². The minimum absolute atomic E-state index is 0.147. The van der Waals surface area contributed by atoms with Gasteiger partial charge in [-0.25, -0.2) is 0 Å². The number of aliphatic hydroxyl groups excluding tert-OH is 1. The highest BCUT2D eigenvalue weighted by Crippen LogP contribution is 2.69. The molecule has 2 saturated carbocycles. The average molecular weight is 529 g/mol. The Labute approximate surface area is 230 Å².